The van der Waals surface area contributed by atoms with Crippen LogP contribution in [0.15, 0.2) is 22.0 Å². The molecular weight excluding hydrogens is 222 g/mol. The summed E-state index contributed by atoms with van der Waals surface area (Å²) in [5.74, 6) is 2.33. The minimum Gasteiger partial charge on any atom is -0.378 e. The van der Waals surface area contributed by atoms with E-state index in [9.17, 15) is 9.59 Å². The zero-order valence-corrected chi connectivity index (χ0v) is 9.33. The Bertz CT molecular complexity index is 546. The number of aromatic nitrogens is 2. The van der Waals surface area contributed by atoms with E-state index in [1.54, 1.807) is 11.2 Å². The van der Waals surface area contributed by atoms with Crippen LogP contribution in [-0.2, 0) is 11.3 Å². The molecule has 0 aromatic carbocycles. The van der Waals surface area contributed by atoms with Crippen molar-refractivity contribution >= 4 is 0 Å². The molecule has 1 aliphatic heterocycles. The van der Waals surface area contributed by atoms with Gasteiger partial charge in [0.05, 0.1) is 32.8 Å². The van der Waals surface area contributed by atoms with Crippen molar-refractivity contribution in [3.63, 3.8) is 0 Å². The van der Waals surface area contributed by atoms with Gasteiger partial charge in [-0.05, 0) is 0 Å². The lowest BCUT2D eigenvalue weighted by atomic mass is 10.5. The van der Waals surface area contributed by atoms with E-state index in [2.05, 4.69) is 5.92 Å². The van der Waals surface area contributed by atoms with Crippen LogP contribution in [0.5, 0.6) is 0 Å². The molecule has 6 nitrogen and oxygen atoms in total. The first-order chi connectivity index (χ1) is 8.24. The Hall–Kier alpha value is -2.00. The molecule has 1 aromatic rings. The predicted molar refractivity (Wildman–Crippen MR) is 62.6 cm³/mol. The molecule has 2 heterocycles. The van der Waals surface area contributed by atoms with Gasteiger partial charge in [0.25, 0.3) is 0 Å². The molecule has 0 saturated carbocycles. The van der Waals surface area contributed by atoms with E-state index in [0.29, 0.717) is 26.3 Å². The molecule has 0 N–H and O–H groups in total. The Morgan fingerprint density at radius 2 is 1.94 bits per heavy atom. The molecule has 6 heteroatoms. The van der Waals surface area contributed by atoms with Crippen LogP contribution < -0.4 is 16.1 Å². The van der Waals surface area contributed by atoms with Crippen molar-refractivity contribution in [1.29, 1.82) is 0 Å². The normalized spacial score (nSPS) is 15.6. The van der Waals surface area contributed by atoms with Crippen molar-refractivity contribution in [2.75, 3.05) is 31.3 Å². The van der Waals surface area contributed by atoms with Crippen molar-refractivity contribution in [3.05, 3.63) is 33.1 Å². The van der Waals surface area contributed by atoms with Crippen LogP contribution >= 0.6 is 0 Å². The Morgan fingerprint density at radius 1 is 1.24 bits per heavy atom. The first-order valence-corrected chi connectivity index (χ1v) is 5.32. The first-order valence-electron chi connectivity index (χ1n) is 5.32. The maximum Gasteiger partial charge on any atom is 0.334 e. The highest BCUT2D eigenvalue weighted by Crippen LogP contribution is 1.93. The molecule has 2 rings (SSSR count). The lowest BCUT2D eigenvalue weighted by Gasteiger charge is -2.29. The van der Waals surface area contributed by atoms with E-state index in [4.69, 9.17) is 11.2 Å². The second-order valence-corrected chi connectivity index (χ2v) is 3.65. The lowest BCUT2D eigenvalue weighted by Crippen LogP contribution is -2.53. The molecule has 1 fully saturated rings. The number of hydrogen-bond acceptors (Lipinski definition) is 4. The first kappa shape index (κ1) is 11.5. The highest BCUT2D eigenvalue weighted by atomic mass is 16.5. The standard InChI is InChI=1S/C11H13N3O3/c1-2-3-12-4-5-14(11(16)10(12)15)13-6-8-17-9-7-13/h1,4-5H,3,6-9H2. The molecule has 90 valence electrons. The second kappa shape index (κ2) is 4.89. The van der Waals surface area contributed by atoms with Crippen LogP contribution in [0.2, 0.25) is 0 Å². The Labute approximate surface area is 98.0 Å². The lowest BCUT2D eigenvalue weighted by molar-refractivity contribution is 0.110. The minimum atomic E-state index is -0.600. The third-order valence-electron chi connectivity index (χ3n) is 2.59. The topological polar surface area (TPSA) is 56.5 Å². The fourth-order valence-corrected chi connectivity index (χ4v) is 1.71. The number of morpholine rings is 1. The van der Waals surface area contributed by atoms with Gasteiger partial charge < -0.3 is 9.75 Å². The van der Waals surface area contributed by atoms with E-state index in [1.807, 2.05) is 0 Å². The Balaban J connectivity index is 2.37. The van der Waals surface area contributed by atoms with Crippen molar-refractivity contribution in [1.82, 2.24) is 9.24 Å². The zero-order valence-electron chi connectivity index (χ0n) is 9.33. The van der Waals surface area contributed by atoms with Crippen LogP contribution in [0, 0.1) is 12.3 Å². The molecule has 1 aromatic heterocycles. The number of rotatable bonds is 2. The summed E-state index contributed by atoms with van der Waals surface area (Å²) in [6, 6.07) is 0. The van der Waals surface area contributed by atoms with Crippen molar-refractivity contribution in [3.8, 4) is 12.3 Å². The van der Waals surface area contributed by atoms with Gasteiger partial charge in [0.2, 0.25) is 0 Å². The van der Waals surface area contributed by atoms with E-state index in [-0.39, 0.29) is 6.54 Å². The maximum atomic E-state index is 11.8. The number of nitrogens with zero attached hydrogens (tertiary/aromatic N) is 3. The largest absolute Gasteiger partial charge is 0.378 e. The smallest absolute Gasteiger partial charge is 0.334 e. The molecule has 0 bridgehead atoms. The highest BCUT2D eigenvalue weighted by Gasteiger charge is 2.13. The molecule has 0 aliphatic carbocycles. The fraction of sp³-hybridized carbons (Fsp3) is 0.455. The van der Waals surface area contributed by atoms with Crippen LogP contribution in [0.3, 0.4) is 0 Å². The van der Waals surface area contributed by atoms with Gasteiger partial charge in [0.1, 0.15) is 0 Å². The Kier molecular flexibility index (Phi) is 3.30. The summed E-state index contributed by atoms with van der Waals surface area (Å²) in [7, 11) is 0. The van der Waals surface area contributed by atoms with Gasteiger partial charge in [-0.2, -0.15) is 0 Å². The molecule has 0 radical (unpaired) electrons. The average molecular weight is 235 g/mol. The SMILES string of the molecule is C#CCn1ccn(N2CCOCC2)c(=O)c1=O. The molecular formula is C11H13N3O3. The van der Waals surface area contributed by atoms with Crippen molar-refractivity contribution < 1.29 is 4.74 Å². The zero-order chi connectivity index (χ0) is 12.3. The third kappa shape index (κ3) is 2.24. The summed E-state index contributed by atoms with van der Waals surface area (Å²) in [5.41, 5.74) is -1.18. The van der Waals surface area contributed by atoms with Crippen LogP contribution in [0.4, 0.5) is 0 Å². The van der Waals surface area contributed by atoms with E-state index in [0.717, 1.165) is 0 Å². The van der Waals surface area contributed by atoms with Gasteiger partial charge in [0.15, 0.2) is 0 Å². The van der Waals surface area contributed by atoms with Gasteiger partial charge in [0, 0.05) is 12.4 Å². The summed E-state index contributed by atoms with van der Waals surface area (Å²) < 4.78 is 7.74. The van der Waals surface area contributed by atoms with Crippen LogP contribution in [0.1, 0.15) is 0 Å². The molecule has 17 heavy (non-hydrogen) atoms. The van der Waals surface area contributed by atoms with E-state index in [1.165, 1.54) is 15.4 Å². The van der Waals surface area contributed by atoms with E-state index >= 15 is 0 Å². The predicted octanol–water partition coefficient (Wildman–Crippen LogP) is -1.39. The monoisotopic (exact) mass is 235 g/mol. The van der Waals surface area contributed by atoms with Gasteiger partial charge in [-0.3, -0.25) is 14.2 Å². The summed E-state index contributed by atoms with van der Waals surface area (Å²) in [4.78, 5) is 23.5. The quantitative estimate of drug-likeness (QED) is 0.468. The van der Waals surface area contributed by atoms with Crippen LogP contribution in [0.25, 0.3) is 0 Å². The van der Waals surface area contributed by atoms with Gasteiger partial charge >= 0.3 is 11.1 Å². The third-order valence-corrected chi connectivity index (χ3v) is 2.59. The van der Waals surface area contributed by atoms with E-state index < -0.39 is 11.1 Å². The van der Waals surface area contributed by atoms with Gasteiger partial charge in [-0.25, -0.2) is 4.68 Å². The van der Waals surface area contributed by atoms with Crippen molar-refractivity contribution in [2.24, 2.45) is 0 Å². The Morgan fingerprint density at radius 3 is 2.59 bits per heavy atom. The number of terminal acetylenes is 1. The summed E-state index contributed by atoms with van der Waals surface area (Å²) >= 11 is 0. The molecule has 0 spiro atoms. The number of ether oxygens (including phenoxy) is 1. The minimum absolute atomic E-state index is 0.109. The maximum absolute atomic E-state index is 11.8. The van der Waals surface area contributed by atoms with Gasteiger partial charge in [-0.15, -0.1) is 6.42 Å². The molecule has 1 saturated heterocycles. The average Bonchev–Trinajstić information content (AvgIpc) is 2.36. The van der Waals surface area contributed by atoms with Crippen molar-refractivity contribution in [2.45, 2.75) is 6.54 Å². The summed E-state index contributed by atoms with van der Waals surface area (Å²) in [6.45, 7) is 2.41. The molecule has 1 aliphatic rings. The summed E-state index contributed by atoms with van der Waals surface area (Å²) in [6.07, 6.45) is 8.20. The van der Waals surface area contributed by atoms with Crippen LogP contribution in [-0.4, -0.2) is 35.5 Å². The fourth-order valence-electron chi connectivity index (χ4n) is 1.71. The highest BCUT2D eigenvalue weighted by molar-refractivity contribution is 4.97. The molecule has 0 atom stereocenters. The van der Waals surface area contributed by atoms with Gasteiger partial charge in [-0.1, -0.05) is 5.92 Å². The number of hydrogen-bond donors (Lipinski definition) is 0. The molecule has 0 unspecified atom stereocenters. The summed E-state index contributed by atoms with van der Waals surface area (Å²) in [5, 5.41) is 1.79. The second-order valence-electron chi connectivity index (χ2n) is 3.65. The molecule has 0 amide bonds.